The first-order chi connectivity index (χ1) is 14.7. The van der Waals surface area contributed by atoms with Crippen molar-refractivity contribution in [1.82, 2.24) is 0 Å². The van der Waals surface area contributed by atoms with Crippen molar-refractivity contribution in [3.63, 3.8) is 0 Å². The van der Waals surface area contributed by atoms with E-state index in [1.807, 2.05) is 0 Å². The lowest BCUT2D eigenvalue weighted by Crippen LogP contribution is -2.16. The van der Waals surface area contributed by atoms with Crippen molar-refractivity contribution in [2.75, 3.05) is 5.32 Å². The Hall–Kier alpha value is -2.09. The molecule has 0 saturated heterocycles. The minimum atomic E-state index is 0.444. The molecule has 2 aromatic rings. The van der Waals surface area contributed by atoms with Gasteiger partial charge >= 0.3 is 0 Å². The maximum absolute atomic E-state index is 5.34. The summed E-state index contributed by atoms with van der Waals surface area (Å²) in [6, 6.07) is 13.4. The molecule has 2 nitrogen and oxygen atoms in total. The number of anilines is 1. The SMILES string of the molecule is CCCCC(=Nc1c(C(C)C)cccc1C(C)C)Nc1c(C(C)C)cccc1C(C)C. The van der Waals surface area contributed by atoms with Gasteiger partial charge in [0.05, 0.1) is 5.69 Å². The Labute approximate surface area is 191 Å². The highest BCUT2D eigenvalue weighted by Gasteiger charge is 2.17. The fourth-order valence-electron chi connectivity index (χ4n) is 4.11. The van der Waals surface area contributed by atoms with Crippen molar-refractivity contribution in [3.8, 4) is 0 Å². The Bertz CT molecular complexity index is 820. The molecule has 0 radical (unpaired) electrons. The third-order valence-electron chi connectivity index (χ3n) is 6.00. The number of amidine groups is 1. The normalized spacial score (nSPS) is 12.5. The van der Waals surface area contributed by atoms with Gasteiger partial charge in [-0.05, 0) is 52.3 Å². The van der Waals surface area contributed by atoms with E-state index in [1.165, 1.54) is 33.6 Å². The average Bonchev–Trinajstić information content (AvgIpc) is 2.71. The van der Waals surface area contributed by atoms with Crippen LogP contribution in [0.1, 0.15) is 128 Å². The first-order valence-corrected chi connectivity index (χ1v) is 12.3. The van der Waals surface area contributed by atoms with Gasteiger partial charge in [-0.15, -0.1) is 0 Å². The number of rotatable bonds is 9. The smallest absolute Gasteiger partial charge is 0.107 e. The van der Waals surface area contributed by atoms with Gasteiger partial charge in [0.2, 0.25) is 0 Å². The molecule has 1 N–H and O–H groups in total. The van der Waals surface area contributed by atoms with Gasteiger partial charge in [-0.2, -0.15) is 0 Å². The van der Waals surface area contributed by atoms with Crippen molar-refractivity contribution in [3.05, 3.63) is 58.7 Å². The lowest BCUT2D eigenvalue weighted by molar-refractivity contribution is 0.821. The molecule has 0 saturated carbocycles. The van der Waals surface area contributed by atoms with Gasteiger partial charge in [-0.25, -0.2) is 4.99 Å². The predicted molar refractivity (Wildman–Crippen MR) is 139 cm³/mol. The second-order valence-corrected chi connectivity index (χ2v) is 10.0. The number of aliphatic imine (C=N–C) groups is 1. The fraction of sp³-hybridized carbons (Fsp3) is 0.552. The van der Waals surface area contributed by atoms with Crippen LogP contribution in [0.4, 0.5) is 11.4 Å². The summed E-state index contributed by atoms with van der Waals surface area (Å²) in [6.45, 7) is 20.4. The van der Waals surface area contributed by atoms with E-state index in [-0.39, 0.29) is 0 Å². The van der Waals surface area contributed by atoms with E-state index in [0.717, 1.165) is 25.1 Å². The molecule has 0 amide bonds. The summed E-state index contributed by atoms with van der Waals surface area (Å²) < 4.78 is 0. The maximum atomic E-state index is 5.34. The number of nitrogens with zero attached hydrogens (tertiary/aromatic N) is 1. The van der Waals surface area contributed by atoms with Crippen LogP contribution in [0.5, 0.6) is 0 Å². The van der Waals surface area contributed by atoms with Crippen LogP contribution in [-0.4, -0.2) is 5.84 Å². The quantitative estimate of drug-likeness (QED) is 0.317. The Morgan fingerprint density at radius 3 is 1.52 bits per heavy atom. The summed E-state index contributed by atoms with van der Waals surface area (Å²) >= 11 is 0. The summed E-state index contributed by atoms with van der Waals surface area (Å²) in [6.07, 6.45) is 3.25. The van der Waals surface area contributed by atoms with Crippen molar-refractivity contribution in [2.45, 2.75) is 105 Å². The summed E-state index contributed by atoms with van der Waals surface area (Å²) in [5.74, 6) is 2.90. The minimum absolute atomic E-state index is 0.444. The molecule has 2 aromatic carbocycles. The van der Waals surface area contributed by atoms with Gasteiger partial charge in [0.1, 0.15) is 5.84 Å². The average molecular weight is 421 g/mol. The van der Waals surface area contributed by atoms with Gasteiger partial charge in [0.15, 0.2) is 0 Å². The van der Waals surface area contributed by atoms with Gasteiger partial charge in [0, 0.05) is 12.1 Å². The number of unbranched alkanes of at least 4 members (excludes halogenated alkanes) is 1. The van der Waals surface area contributed by atoms with E-state index in [0.29, 0.717) is 23.7 Å². The summed E-state index contributed by atoms with van der Waals surface area (Å²) in [4.78, 5) is 5.34. The maximum Gasteiger partial charge on any atom is 0.107 e. The third kappa shape index (κ3) is 6.45. The summed E-state index contributed by atoms with van der Waals surface area (Å²) in [7, 11) is 0. The van der Waals surface area contributed by atoms with E-state index in [1.54, 1.807) is 0 Å². The first kappa shape index (κ1) is 25.2. The van der Waals surface area contributed by atoms with Crippen LogP contribution in [0.2, 0.25) is 0 Å². The predicted octanol–water partition coefficient (Wildman–Crippen LogP) is 9.51. The van der Waals surface area contributed by atoms with Crippen molar-refractivity contribution < 1.29 is 0 Å². The fourth-order valence-corrected chi connectivity index (χ4v) is 4.11. The lowest BCUT2D eigenvalue weighted by atomic mass is 9.92. The van der Waals surface area contributed by atoms with E-state index >= 15 is 0 Å². The molecule has 2 rings (SSSR count). The zero-order valence-corrected chi connectivity index (χ0v) is 21.3. The second kappa shape index (κ2) is 11.5. The van der Waals surface area contributed by atoms with Crippen LogP contribution >= 0.6 is 0 Å². The number of hydrogen-bond donors (Lipinski definition) is 1. The Morgan fingerprint density at radius 2 is 1.13 bits per heavy atom. The molecule has 0 aliphatic carbocycles. The van der Waals surface area contributed by atoms with Gasteiger partial charge in [-0.3, -0.25) is 0 Å². The van der Waals surface area contributed by atoms with Gasteiger partial charge < -0.3 is 5.32 Å². The van der Waals surface area contributed by atoms with Crippen LogP contribution in [0.3, 0.4) is 0 Å². The Balaban J connectivity index is 2.66. The molecule has 0 fully saturated rings. The second-order valence-electron chi connectivity index (χ2n) is 10.0. The molecule has 0 unspecified atom stereocenters. The van der Waals surface area contributed by atoms with Crippen LogP contribution < -0.4 is 5.32 Å². The van der Waals surface area contributed by atoms with E-state index in [4.69, 9.17) is 4.99 Å². The first-order valence-electron chi connectivity index (χ1n) is 12.3. The van der Waals surface area contributed by atoms with Crippen LogP contribution in [0, 0.1) is 0 Å². The largest absolute Gasteiger partial charge is 0.343 e. The molecule has 170 valence electrons. The highest BCUT2D eigenvalue weighted by molar-refractivity contribution is 5.99. The number of hydrogen-bond acceptors (Lipinski definition) is 1. The number of benzene rings is 2. The topological polar surface area (TPSA) is 24.4 Å². The van der Waals surface area contributed by atoms with Crippen LogP contribution in [0.15, 0.2) is 41.4 Å². The third-order valence-corrected chi connectivity index (χ3v) is 6.00. The highest BCUT2D eigenvalue weighted by atomic mass is 15.0. The zero-order valence-electron chi connectivity index (χ0n) is 21.3. The molecule has 0 aliphatic rings. The Kier molecular flexibility index (Phi) is 9.34. The molecule has 0 heterocycles. The molecule has 0 aromatic heterocycles. The summed E-state index contributed by atoms with van der Waals surface area (Å²) in [5.41, 5.74) is 7.84. The molecule has 0 spiro atoms. The highest BCUT2D eigenvalue weighted by Crippen LogP contribution is 2.36. The van der Waals surface area contributed by atoms with Crippen molar-refractivity contribution >= 4 is 17.2 Å². The molecule has 0 atom stereocenters. The number of para-hydroxylation sites is 2. The lowest BCUT2D eigenvalue weighted by Gasteiger charge is -2.23. The molecular weight excluding hydrogens is 376 g/mol. The van der Waals surface area contributed by atoms with Gasteiger partial charge in [0.25, 0.3) is 0 Å². The van der Waals surface area contributed by atoms with E-state index in [9.17, 15) is 0 Å². The minimum Gasteiger partial charge on any atom is -0.343 e. The molecule has 0 aliphatic heterocycles. The van der Waals surface area contributed by atoms with E-state index < -0.39 is 0 Å². The molecule has 31 heavy (non-hydrogen) atoms. The van der Waals surface area contributed by atoms with Crippen molar-refractivity contribution in [1.29, 1.82) is 0 Å². The van der Waals surface area contributed by atoms with Crippen LogP contribution in [0.25, 0.3) is 0 Å². The van der Waals surface area contributed by atoms with Crippen molar-refractivity contribution in [2.24, 2.45) is 4.99 Å². The molecule has 2 heteroatoms. The summed E-state index contributed by atoms with van der Waals surface area (Å²) in [5, 5.41) is 3.84. The Morgan fingerprint density at radius 1 is 0.710 bits per heavy atom. The van der Waals surface area contributed by atoms with Crippen LogP contribution in [-0.2, 0) is 0 Å². The zero-order chi connectivity index (χ0) is 23.1. The monoisotopic (exact) mass is 420 g/mol. The molecule has 0 bridgehead atoms. The van der Waals surface area contributed by atoms with Gasteiger partial charge in [-0.1, -0.05) is 105 Å². The molecular formula is C29H44N2. The van der Waals surface area contributed by atoms with E-state index in [2.05, 4.69) is 104 Å². The standard InChI is InChI=1S/C29H44N2/c1-10-11-18-27(30-28-23(19(2)3)14-12-15-24(28)20(4)5)31-29-25(21(6)7)16-13-17-26(29)22(8)9/h12-17,19-22H,10-11,18H2,1-9H3,(H,30,31). The number of nitrogens with one attached hydrogen (secondary N) is 1.